The fourth-order valence-electron chi connectivity index (χ4n) is 3.65. The molecule has 2 heterocycles. The second-order valence-corrected chi connectivity index (χ2v) is 9.44. The van der Waals surface area contributed by atoms with Crippen LogP contribution in [0, 0.1) is 6.92 Å². The molecule has 1 amide bonds. The van der Waals surface area contributed by atoms with Crippen LogP contribution in [0.3, 0.4) is 0 Å². The van der Waals surface area contributed by atoms with Gasteiger partial charge in [-0.1, -0.05) is 86.2 Å². The maximum absolute atomic E-state index is 13.0. The summed E-state index contributed by atoms with van der Waals surface area (Å²) < 4.78 is 0. The predicted octanol–water partition coefficient (Wildman–Crippen LogP) is 4.77. The zero-order chi connectivity index (χ0) is 22.3. The molecule has 0 bridgehead atoms. The summed E-state index contributed by atoms with van der Waals surface area (Å²) in [5.41, 5.74) is 4.87. The number of aryl methyl sites for hydroxylation is 1. The Kier molecular flexibility index (Phi) is 5.23. The van der Waals surface area contributed by atoms with Crippen molar-refractivity contribution in [3.63, 3.8) is 0 Å². The highest BCUT2D eigenvalue weighted by Crippen LogP contribution is 2.42. The van der Waals surface area contributed by atoms with E-state index in [1.54, 1.807) is 12.1 Å². The van der Waals surface area contributed by atoms with Crippen LogP contribution in [0.4, 0.5) is 5.13 Å². The van der Waals surface area contributed by atoms with Gasteiger partial charge in [-0.2, -0.15) is 0 Å². The van der Waals surface area contributed by atoms with E-state index in [0.29, 0.717) is 10.7 Å². The number of Topliss-reactive ketones (excluding diaryl/α,β-unsaturated/α-hetero) is 1. The SMILES string of the molecule is Cc1ccc(C(O)=C2C(=O)C(=O)N(c3nncs3)[C@@H]2c2ccc(C(C)(C)C)cc2)cc1. The molecule has 1 aliphatic heterocycles. The number of hydrogen-bond donors (Lipinski definition) is 1. The Morgan fingerprint density at radius 2 is 1.68 bits per heavy atom. The number of anilines is 1. The molecule has 2 aromatic carbocycles. The van der Waals surface area contributed by atoms with Crippen LogP contribution in [0.25, 0.3) is 5.76 Å². The number of rotatable bonds is 3. The highest BCUT2D eigenvalue weighted by Gasteiger charge is 2.48. The van der Waals surface area contributed by atoms with E-state index in [0.717, 1.165) is 16.7 Å². The van der Waals surface area contributed by atoms with Crippen LogP contribution in [-0.2, 0) is 15.0 Å². The van der Waals surface area contributed by atoms with Crippen LogP contribution in [0.2, 0.25) is 0 Å². The van der Waals surface area contributed by atoms with Crippen LogP contribution >= 0.6 is 11.3 Å². The summed E-state index contributed by atoms with van der Waals surface area (Å²) in [4.78, 5) is 27.4. The van der Waals surface area contributed by atoms with Gasteiger partial charge in [-0.3, -0.25) is 14.5 Å². The number of aliphatic hydroxyl groups is 1. The van der Waals surface area contributed by atoms with E-state index in [-0.39, 0.29) is 16.7 Å². The quantitative estimate of drug-likeness (QED) is 0.365. The van der Waals surface area contributed by atoms with Crippen molar-refractivity contribution < 1.29 is 14.7 Å². The predicted molar refractivity (Wildman–Crippen MR) is 121 cm³/mol. The smallest absolute Gasteiger partial charge is 0.301 e. The Hall–Kier alpha value is -3.32. The van der Waals surface area contributed by atoms with Crippen molar-refractivity contribution in [3.05, 3.63) is 81.9 Å². The maximum atomic E-state index is 13.0. The third kappa shape index (κ3) is 3.77. The summed E-state index contributed by atoms with van der Waals surface area (Å²) in [6, 6.07) is 14.2. The summed E-state index contributed by atoms with van der Waals surface area (Å²) >= 11 is 1.17. The van der Waals surface area contributed by atoms with Gasteiger partial charge in [0.25, 0.3) is 5.78 Å². The Labute approximate surface area is 184 Å². The van der Waals surface area contributed by atoms with Crippen molar-refractivity contribution in [2.24, 2.45) is 0 Å². The lowest BCUT2D eigenvalue weighted by Gasteiger charge is -2.24. The minimum absolute atomic E-state index is 0.0402. The van der Waals surface area contributed by atoms with Crippen LogP contribution in [-0.4, -0.2) is 27.0 Å². The molecular formula is C24H23N3O3S. The van der Waals surface area contributed by atoms with E-state index in [1.807, 2.05) is 43.3 Å². The van der Waals surface area contributed by atoms with Crippen molar-refractivity contribution in [2.45, 2.75) is 39.2 Å². The Bertz CT molecular complexity index is 1160. The van der Waals surface area contributed by atoms with Crippen molar-refractivity contribution in [2.75, 3.05) is 4.90 Å². The molecule has 158 valence electrons. The lowest BCUT2D eigenvalue weighted by molar-refractivity contribution is -0.132. The van der Waals surface area contributed by atoms with Gasteiger partial charge in [0.15, 0.2) is 0 Å². The third-order valence-corrected chi connectivity index (χ3v) is 6.11. The number of carbonyl (C=O) groups is 2. The number of amides is 1. The minimum atomic E-state index is -0.789. The fourth-order valence-corrected chi connectivity index (χ4v) is 4.23. The first-order valence-electron chi connectivity index (χ1n) is 9.93. The molecule has 0 unspecified atom stereocenters. The maximum Gasteiger partial charge on any atom is 0.301 e. The number of benzene rings is 2. The molecule has 6 nitrogen and oxygen atoms in total. The Balaban J connectivity index is 1.90. The van der Waals surface area contributed by atoms with Gasteiger partial charge in [-0.15, -0.1) is 10.2 Å². The molecule has 1 saturated heterocycles. The number of hydrogen-bond acceptors (Lipinski definition) is 6. The number of ketones is 1. The molecular weight excluding hydrogens is 410 g/mol. The Morgan fingerprint density at radius 3 is 2.23 bits per heavy atom. The lowest BCUT2D eigenvalue weighted by Crippen LogP contribution is -2.29. The van der Waals surface area contributed by atoms with Gasteiger partial charge in [0.1, 0.15) is 11.3 Å². The summed E-state index contributed by atoms with van der Waals surface area (Å²) in [6.07, 6.45) is 0. The third-order valence-electron chi connectivity index (χ3n) is 5.42. The summed E-state index contributed by atoms with van der Waals surface area (Å²) in [5.74, 6) is -1.66. The number of aliphatic hydroxyl groups excluding tert-OH is 1. The molecule has 0 saturated carbocycles. The fraction of sp³-hybridized carbons (Fsp3) is 0.250. The zero-order valence-corrected chi connectivity index (χ0v) is 18.6. The average Bonchev–Trinajstić information content (AvgIpc) is 3.34. The van der Waals surface area contributed by atoms with Gasteiger partial charge in [0.05, 0.1) is 11.6 Å². The van der Waals surface area contributed by atoms with Gasteiger partial charge in [-0.05, 0) is 23.5 Å². The average molecular weight is 434 g/mol. The van der Waals surface area contributed by atoms with Crippen LogP contribution in [0.5, 0.6) is 0 Å². The second-order valence-electron chi connectivity index (χ2n) is 8.63. The number of carbonyl (C=O) groups excluding carboxylic acids is 2. The first-order valence-corrected chi connectivity index (χ1v) is 10.8. The zero-order valence-electron chi connectivity index (χ0n) is 17.8. The summed E-state index contributed by atoms with van der Waals surface area (Å²) in [7, 11) is 0. The topological polar surface area (TPSA) is 83.4 Å². The first-order chi connectivity index (χ1) is 14.7. The molecule has 1 N–H and O–H groups in total. The first kappa shape index (κ1) is 20.9. The normalized spacial score (nSPS) is 18.6. The molecule has 1 aromatic heterocycles. The minimum Gasteiger partial charge on any atom is -0.507 e. The Morgan fingerprint density at radius 1 is 1.03 bits per heavy atom. The van der Waals surface area contributed by atoms with Gasteiger partial charge in [0, 0.05) is 5.56 Å². The van der Waals surface area contributed by atoms with Crippen LogP contribution in [0.15, 0.2) is 59.6 Å². The van der Waals surface area contributed by atoms with Gasteiger partial charge in [0.2, 0.25) is 5.13 Å². The van der Waals surface area contributed by atoms with Crippen molar-refractivity contribution >= 4 is 33.9 Å². The van der Waals surface area contributed by atoms with Gasteiger partial charge < -0.3 is 5.11 Å². The van der Waals surface area contributed by atoms with Crippen molar-refractivity contribution in [1.29, 1.82) is 0 Å². The molecule has 3 aromatic rings. The summed E-state index contributed by atoms with van der Waals surface area (Å²) in [5, 5.41) is 19.2. The van der Waals surface area contributed by atoms with E-state index in [4.69, 9.17) is 0 Å². The van der Waals surface area contributed by atoms with Crippen molar-refractivity contribution in [1.82, 2.24) is 10.2 Å². The van der Waals surface area contributed by atoms with Crippen LogP contribution < -0.4 is 4.90 Å². The molecule has 1 aliphatic rings. The van der Waals surface area contributed by atoms with E-state index in [9.17, 15) is 14.7 Å². The van der Waals surface area contributed by atoms with E-state index < -0.39 is 17.7 Å². The molecule has 7 heteroatoms. The van der Waals surface area contributed by atoms with Gasteiger partial charge in [-0.25, -0.2) is 0 Å². The number of aromatic nitrogens is 2. The molecule has 31 heavy (non-hydrogen) atoms. The monoisotopic (exact) mass is 433 g/mol. The largest absolute Gasteiger partial charge is 0.507 e. The summed E-state index contributed by atoms with van der Waals surface area (Å²) in [6.45, 7) is 8.29. The lowest BCUT2D eigenvalue weighted by atomic mass is 9.85. The highest BCUT2D eigenvalue weighted by molar-refractivity contribution is 7.13. The van der Waals surface area contributed by atoms with E-state index in [2.05, 4.69) is 31.0 Å². The highest BCUT2D eigenvalue weighted by atomic mass is 32.1. The van der Waals surface area contributed by atoms with E-state index in [1.165, 1.54) is 21.7 Å². The van der Waals surface area contributed by atoms with Crippen LogP contribution in [0.1, 0.15) is 49.1 Å². The molecule has 0 spiro atoms. The standard InChI is InChI=1S/C24H23N3O3S/c1-14-5-7-16(8-6-14)20(28)18-19(15-9-11-17(12-10-15)24(2,3)4)27(22(30)21(18)29)23-26-25-13-31-23/h5-13,19,28H,1-4H3/t19-/m1/s1. The van der Waals surface area contributed by atoms with E-state index >= 15 is 0 Å². The van der Waals surface area contributed by atoms with Gasteiger partial charge >= 0.3 is 5.91 Å². The molecule has 4 rings (SSSR count). The molecule has 1 atom stereocenters. The molecule has 0 aliphatic carbocycles. The second kappa shape index (κ2) is 7.74. The molecule has 0 radical (unpaired) electrons. The number of nitrogens with zero attached hydrogens (tertiary/aromatic N) is 3. The molecule has 1 fully saturated rings. The van der Waals surface area contributed by atoms with Crippen molar-refractivity contribution in [3.8, 4) is 0 Å².